The van der Waals surface area contributed by atoms with Crippen molar-refractivity contribution in [3.8, 4) is 5.75 Å². The molecule has 4 heterocycles. The number of benzene rings is 1. The molecule has 5 rings (SSSR count). The van der Waals surface area contributed by atoms with E-state index in [2.05, 4.69) is 10.2 Å². The van der Waals surface area contributed by atoms with Gasteiger partial charge in [-0.25, -0.2) is 0 Å². The standard InChI is InChI=1S/C19H24N2O3/c1-12(2)24-18-10-14(9-17-15(18)5-8-23-17)19(22)20-16-11-21-6-3-13(16)4-7-21/h5,8-10,12-13,16H,3-4,6-7,11H2,1-2H3,(H,20,22). The van der Waals surface area contributed by atoms with Crippen LogP contribution in [-0.2, 0) is 0 Å². The third-order valence-electron chi connectivity index (χ3n) is 5.13. The maximum atomic E-state index is 12.8. The molecule has 1 N–H and O–H groups in total. The van der Waals surface area contributed by atoms with Gasteiger partial charge in [0.15, 0.2) is 0 Å². The van der Waals surface area contributed by atoms with Gasteiger partial charge in [0.1, 0.15) is 11.3 Å². The van der Waals surface area contributed by atoms with E-state index < -0.39 is 0 Å². The van der Waals surface area contributed by atoms with Crippen LogP contribution in [0, 0.1) is 5.92 Å². The molecule has 128 valence electrons. The van der Waals surface area contributed by atoms with Crippen molar-refractivity contribution < 1.29 is 13.9 Å². The van der Waals surface area contributed by atoms with Crippen molar-refractivity contribution in [2.45, 2.75) is 38.8 Å². The Bertz CT molecular complexity index is 744. The van der Waals surface area contributed by atoms with E-state index in [4.69, 9.17) is 9.15 Å². The maximum Gasteiger partial charge on any atom is 0.251 e. The molecule has 3 aliphatic rings. The van der Waals surface area contributed by atoms with Crippen LogP contribution in [0.3, 0.4) is 0 Å². The molecule has 24 heavy (non-hydrogen) atoms. The number of fused-ring (bicyclic) bond motifs is 4. The van der Waals surface area contributed by atoms with Crippen LogP contribution in [0.1, 0.15) is 37.0 Å². The Morgan fingerprint density at radius 3 is 2.79 bits per heavy atom. The molecule has 0 saturated carbocycles. The van der Waals surface area contributed by atoms with Crippen LogP contribution in [0.4, 0.5) is 0 Å². The van der Waals surface area contributed by atoms with Crippen LogP contribution in [-0.4, -0.2) is 42.6 Å². The number of piperidine rings is 3. The van der Waals surface area contributed by atoms with E-state index in [1.165, 1.54) is 25.9 Å². The van der Waals surface area contributed by atoms with Gasteiger partial charge < -0.3 is 19.4 Å². The average Bonchev–Trinajstić information content (AvgIpc) is 3.04. The van der Waals surface area contributed by atoms with Crippen LogP contribution < -0.4 is 10.1 Å². The lowest BCUT2D eigenvalue weighted by Crippen LogP contribution is -2.57. The quantitative estimate of drug-likeness (QED) is 0.937. The van der Waals surface area contributed by atoms with Crippen molar-refractivity contribution in [3.63, 3.8) is 0 Å². The highest BCUT2D eigenvalue weighted by atomic mass is 16.5. The number of nitrogens with zero attached hydrogens (tertiary/aromatic N) is 1. The van der Waals surface area contributed by atoms with Gasteiger partial charge in [0, 0.05) is 18.2 Å². The maximum absolute atomic E-state index is 12.8. The second-order valence-electron chi connectivity index (χ2n) is 7.19. The second-order valence-corrected chi connectivity index (χ2v) is 7.19. The summed E-state index contributed by atoms with van der Waals surface area (Å²) >= 11 is 0. The summed E-state index contributed by atoms with van der Waals surface area (Å²) in [6, 6.07) is 5.76. The first-order valence-corrected chi connectivity index (χ1v) is 8.81. The Hall–Kier alpha value is -2.01. The van der Waals surface area contributed by atoms with Crippen molar-refractivity contribution in [2.24, 2.45) is 5.92 Å². The largest absolute Gasteiger partial charge is 0.490 e. The fraction of sp³-hybridized carbons (Fsp3) is 0.526. The first-order chi connectivity index (χ1) is 11.6. The third kappa shape index (κ3) is 2.88. The molecule has 2 aromatic rings. The zero-order valence-electron chi connectivity index (χ0n) is 14.2. The van der Waals surface area contributed by atoms with Gasteiger partial charge in [0.2, 0.25) is 0 Å². The molecule has 0 spiro atoms. The number of rotatable bonds is 4. The van der Waals surface area contributed by atoms with Crippen molar-refractivity contribution >= 4 is 16.9 Å². The fourth-order valence-corrected chi connectivity index (χ4v) is 3.90. The molecule has 1 amide bonds. The van der Waals surface area contributed by atoms with E-state index in [0.29, 0.717) is 22.8 Å². The van der Waals surface area contributed by atoms with Gasteiger partial charge >= 0.3 is 0 Å². The lowest BCUT2D eigenvalue weighted by Gasteiger charge is -2.44. The summed E-state index contributed by atoms with van der Waals surface area (Å²) in [5.74, 6) is 1.27. The van der Waals surface area contributed by atoms with Crippen molar-refractivity contribution in [2.75, 3.05) is 19.6 Å². The molecule has 1 aromatic carbocycles. The van der Waals surface area contributed by atoms with Gasteiger partial charge in [0.05, 0.1) is 17.8 Å². The molecule has 1 unspecified atom stereocenters. The number of carbonyl (C=O) groups excluding carboxylic acids is 1. The van der Waals surface area contributed by atoms with Crippen molar-refractivity contribution in [3.05, 3.63) is 30.0 Å². The van der Waals surface area contributed by atoms with E-state index in [9.17, 15) is 4.79 Å². The number of hydrogen-bond donors (Lipinski definition) is 1. The summed E-state index contributed by atoms with van der Waals surface area (Å²) in [7, 11) is 0. The zero-order chi connectivity index (χ0) is 16.7. The van der Waals surface area contributed by atoms with Crippen molar-refractivity contribution in [1.82, 2.24) is 10.2 Å². The van der Waals surface area contributed by atoms with Crippen LogP contribution in [0.25, 0.3) is 11.0 Å². The van der Waals surface area contributed by atoms with Crippen LogP contribution >= 0.6 is 0 Å². The molecule has 5 nitrogen and oxygen atoms in total. The normalized spacial score (nSPS) is 26.0. The Labute approximate surface area is 141 Å². The molecular weight excluding hydrogens is 304 g/mol. The summed E-state index contributed by atoms with van der Waals surface area (Å²) in [5, 5.41) is 4.13. The topological polar surface area (TPSA) is 54.7 Å². The molecule has 1 atom stereocenters. The van der Waals surface area contributed by atoms with Crippen molar-refractivity contribution in [1.29, 1.82) is 0 Å². The molecule has 1 aromatic heterocycles. The van der Waals surface area contributed by atoms with Gasteiger partial charge in [-0.15, -0.1) is 0 Å². The van der Waals surface area contributed by atoms with E-state index in [1.807, 2.05) is 26.0 Å². The highest BCUT2D eigenvalue weighted by molar-refractivity contribution is 5.99. The minimum Gasteiger partial charge on any atom is -0.490 e. The minimum absolute atomic E-state index is 0.0411. The summed E-state index contributed by atoms with van der Waals surface area (Å²) in [4.78, 5) is 15.2. The number of hydrogen-bond acceptors (Lipinski definition) is 4. The molecule has 0 radical (unpaired) electrons. The lowest BCUT2D eigenvalue weighted by molar-refractivity contribution is 0.0620. The van der Waals surface area contributed by atoms with E-state index in [-0.39, 0.29) is 18.1 Å². The number of carbonyl (C=O) groups is 1. The lowest BCUT2D eigenvalue weighted by atomic mass is 9.84. The van der Waals surface area contributed by atoms with Crippen LogP contribution in [0.5, 0.6) is 5.75 Å². The molecule has 3 aliphatic heterocycles. The molecule has 3 fully saturated rings. The van der Waals surface area contributed by atoms with Crippen LogP contribution in [0.2, 0.25) is 0 Å². The SMILES string of the molecule is CC(C)Oc1cc(C(=O)NC2CN3CCC2CC3)cc2occc12. The molecule has 3 saturated heterocycles. The Balaban J connectivity index is 1.57. The van der Waals surface area contributed by atoms with E-state index >= 15 is 0 Å². The van der Waals surface area contributed by atoms with Crippen LogP contribution in [0.15, 0.2) is 28.9 Å². The highest BCUT2D eigenvalue weighted by Crippen LogP contribution is 2.31. The molecule has 0 aliphatic carbocycles. The Morgan fingerprint density at radius 1 is 1.33 bits per heavy atom. The molecule has 5 heteroatoms. The Morgan fingerprint density at radius 2 is 2.12 bits per heavy atom. The highest BCUT2D eigenvalue weighted by Gasteiger charge is 2.35. The summed E-state index contributed by atoms with van der Waals surface area (Å²) < 4.78 is 11.4. The minimum atomic E-state index is -0.0411. The monoisotopic (exact) mass is 328 g/mol. The molecule has 2 bridgehead atoms. The smallest absolute Gasteiger partial charge is 0.251 e. The number of furan rings is 1. The van der Waals surface area contributed by atoms with E-state index in [0.717, 1.165) is 11.9 Å². The summed E-state index contributed by atoms with van der Waals surface area (Å²) in [6.07, 6.45) is 4.05. The first-order valence-electron chi connectivity index (χ1n) is 8.81. The summed E-state index contributed by atoms with van der Waals surface area (Å²) in [5.41, 5.74) is 1.29. The zero-order valence-corrected chi connectivity index (χ0v) is 14.2. The Kier molecular flexibility index (Phi) is 3.96. The van der Waals surface area contributed by atoms with Gasteiger partial charge in [-0.1, -0.05) is 0 Å². The first kappa shape index (κ1) is 15.5. The van der Waals surface area contributed by atoms with E-state index in [1.54, 1.807) is 12.3 Å². The fourth-order valence-electron chi connectivity index (χ4n) is 3.90. The third-order valence-corrected chi connectivity index (χ3v) is 5.13. The number of amides is 1. The average molecular weight is 328 g/mol. The molecular formula is C19H24N2O3. The predicted octanol–water partition coefficient (Wildman–Crippen LogP) is 3.04. The van der Waals surface area contributed by atoms with Gasteiger partial charge in [0.25, 0.3) is 5.91 Å². The number of ether oxygens (including phenoxy) is 1. The van der Waals surface area contributed by atoms with Gasteiger partial charge in [-0.3, -0.25) is 4.79 Å². The second kappa shape index (κ2) is 6.13. The predicted molar refractivity (Wildman–Crippen MR) is 92.4 cm³/mol. The number of nitrogens with one attached hydrogen (secondary N) is 1. The summed E-state index contributed by atoms with van der Waals surface area (Å²) in [6.45, 7) is 7.26. The van der Waals surface area contributed by atoms with Gasteiger partial charge in [-0.2, -0.15) is 0 Å². The van der Waals surface area contributed by atoms with Gasteiger partial charge in [-0.05, 0) is 63.9 Å².